The number of hydrogen-bond acceptors (Lipinski definition) is 4. The van der Waals surface area contributed by atoms with Gasteiger partial charge in [0.25, 0.3) is 0 Å². The Balaban J connectivity index is 3.14. The van der Waals surface area contributed by atoms with Crippen LogP contribution in [0.3, 0.4) is 0 Å². The van der Waals surface area contributed by atoms with Gasteiger partial charge in [0.1, 0.15) is 17.5 Å². The van der Waals surface area contributed by atoms with E-state index in [4.69, 9.17) is 4.98 Å². The van der Waals surface area contributed by atoms with Gasteiger partial charge in [-0.2, -0.15) is 0 Å². The number of aromatic nitrogens is 2. The van der Waals surface area contributed by atoms with Crippen LogP contribution in [0, 0.1) is 12.8 Å². The van der Waals surface area contributed by atoms with Crippen molar-refractivity contribution >= 4 is 11.6 Å². The molecule has 0 fully saturated rings. The lowest BCUT2D eigenvalue weighted by molar-refractivity contribution is 0.483. The maximum absolute atomic E-state index is 4.84. The Morgan fingerprint density at radius 2 is 1.76 bits per heavy atom. The Morgan fingerprint density at radius 1 is 1.10 bits per heavy atom. The van der Waals surface area contributed by atoms with Gasteiger partial charge in [-0.1, -0.05) is 33.6 Å². The van der Waals surface area contributed by atoms with E-state index < -0.39 is 0 Å². The van der Waals surface area contributed by atoms with Crippen LogP contribution < -0.4 is 10.2 Å². The molecule has 21 heavy (non-hydrogen) atoms. The summed E-state index contributed by atoms with van der Waals surface area (Å²) >= 11 is 0. The number of anilines is 2. The van der Waals surface area contributed by atoms with Crippen molar-refractivity contribution in [2.24, 2.45) is 5.92 Å². The smallest absolute Gasteiger partial charge is 0.137 e. The first-order chi connectivity index (χ1) is 10.1. The second kappa shape index (κ2) is 8.85. The molecule has 4 nitrogen and oxygen atoms in total. The molecule has 1 rings (SSSR count). The summed E-state index contributed by atoms with van der Waals surface area (Å²) in [7, 11) is 1.94. The number of nitrogens with one attached hydrogen (secondary N) is 1. The molecule has 0 amide bonds. The van der Waals surface area contributed by atoms with Gasteiger partial charge in [-0.25, -0.2) is 9.97 Å². The van der Waals surface area contributed by atoms with Gasteiger partial charge in [0.15, 0.2) is 0 Å². The van der Waals surface area contributed by atoms with Gasteiger partial charge in [0, 0.05) is 32.1 Å². The second-order valence-corrected chi connectivity index (χ2v) is 5.66. The van der Waals surface area contributed by atoms with Crippen LogP contribution in [0.4, 0.5) is 11.6 Å². The van der Waals surface area contributed by atoms with E-state index in [1.165, 1.54) is 12.8 Å². The Labute approximate surface area is 130 Å². The van der Waals surface area contributed by atoms with Crippen molar-refractivity contribution in [2.75, 3.05) is 30.4 Å². The molecule has 0 bridgehead atoms. The molecule has 0 aromatic carbocycles. The Kier molecular flexibility index (Phi) is 7.48. The lowest BCUT2D eigenvalue weighted by atomic mass is 10.0. The minimum Gasteiger partial charge on any atom is -0.373 e. The van der Waals surface area contributed by atoms with Crippen LogP contribution in [0.5, 0.6) is 0 Å². The molecular formula is C17H32N4. The molecule has 120 valence electrons. The fourth-order valence-corrected chi connectivity index (χ4v) is 2.66. The van der Waals surface area contributed by atoms with E-state index in [2.05, 4.69) is 49.8 Å². The Hall–Kier alpha value is -1.32. The van der Waals surface area contributed by atoms with E-state index in [1.54, 1.807) is 0 Å². The summed E-state index contributed by atoms with van der Waals surface area (Å²) < 4.78 is 0. The fourth-order valence-electron chi connectivity index (χ4n) is 2.66. The topological polar surface area (TPSA) is 41.1 Å². The van der Waals surface area contributed by atoms with E-state index in [9.17, 15) is 0 Å². The minimum atomic E-state index is 0.729. The molecule has 4 heteroatoms. The van der Waals surface area contributed by atoms with E-state index in [0.29, 0.717) is 0 Å². The predicted octanol–water partition coefficient (Wildman–Crippen LogP) is 4.04. The van der Waals surface area contributed by atoms with Crippen molar-refractivity contribution in [3.05, 3.63) is 11.4 Å². The molecule has 0 spiro atoms. The van der Waals surface area contributed by atoms with Gasteiger partial charge in [-0.05, 0) is 26.2 Å². The third-order valence-electron chi connectivity index (χ3n) is 4.19. The SMILES string of the molecule is CCCc1nc(NC)c(C)c(N(CC)CC(CC)CC)n1. The summed E-state index contributed by atoms with van der Waals surface area (Å²) in [6.07, 6.45) is 4.45. The average Bonchev–Trinajstić information content (AvgIpc) is 2.51. The summed E-state index contributed by atoms with van der Waals surface area (Å²) in [4.78, 5) is 11.9. The molecule has 1 N–H and O–H groups in total. The summed E-state index contributed by atoms with van der Waals surface area (Å²) in [6.45, 7) is 13.1. The van der Waals surface area contributed by atoms with Crippen molar-refractivity contribution < 1.29 is 0 Å². The minimum absolute atomic E-state index is 0.729. The van der Waals surface area contributed by atoms with E-state index in [0.717, 1.165) is 54.9 Å². The molecule has 0 radical (unpaired) electrons. The molecule has 0 aliphatic rings. The van der Waals surface area contributed by atoms with E-state index in [-0.39, 0.29) is 0 Å². The highest BCUT2D eigenvalue weighted by molar-refractivity contribution is 5.58. The van der Waals surface area contributed by atoms with Gasteiger partial charge < -0.3 is 10.2 Å². The molecule has 0 aliphatic carbocycles. The van der Waals surface area contributed by atoms with Crippen LogP contribution >= 0.6 is 0 Å². The van der Waals surface area contributed by atoms with Gasteiger partial charge in [0.2, 0.25) is 0 Å². The average molecular weight is 292 g/mol. The Morgan fingerprint density at radius 3 is 2.24 bits per heavy atom. The molecule has 0 aliphatic heterocycles. The van der Waals surface area contributed by atoms with Crippen LogP contribution in [0.1, 0.15) is 58.3 Å². The summed E-state index contributed by atoms with van der Waals surface area (Å²) in [5.41, 5.74) is 1.16. The second-order valence-electron chi connectivity index (χ2n) is 5.66. The summed E-state index contributed by atoms with van der Waals surface area (Å²) in [5.74, 6) is 3.75. The van der Waals surface area contributed by atoms with Crippen LogP contribution in [-0.2, 0) is 6.42 Å². The zero-order chi connectivity index (χ0) is 15.8. The number of rotatable bonds is 9. The molecule has 0 saturated carbocycles. The highest BCUT2D eigenvalue weighted by atomic mass is 15.2. The first-order valence-corrected chi connectivity index (χ1v) is 8.41. The van der Waals surface area contributed by atoms with Crippen molar-refractivity contribution in [2.45, 2.75) is 60.3 Å². The van der Waals surface area contributed by atoms with Crippen molar-refractivity contribution in [1.82, 2.24) is 9.97 Å². The zero-order valence-corrected chi connectivity index (χ0v) is 14.7. The van der Waals surface area contributed by atoms with Crippen LogP contribution in [-0.4, -0.2) is 30.1 Å². The summed E-state index contributed by atoms with van der Waals surface area (Å²) in [6, 6.07) is 0. The highest BCUT2D eigenvalue weighted by Crippen LogP contribution is 2.25. The van der Waals surface area contributed by atoms with Crippen molar-refractivity contribution in [3.63, 3.8) is 0 Å². The third-order valence-corrected chi connectivity index (χ3v) is 4.19. The summed E-state index contributed by atoms with van der Waals surface area (Å²) in [5, 5.41) is 3.22. The maximum Gasteiger partial charge on any atom is 0.137 e. The largest absolute Gasteiger partial charge is 0.373 e. The lowest BCUT2D eigenvalue weighted by Gasteiger charge is -2.28. The predicted molar refractivity (Wildman–Crippen MR) is 92.3 cm³/mol. The highest BCUT2D eigenvalue weighted by Gasteiger charge is 2.17. The molecule has 1 aromatic heterocycles. The van der Waals surface area contributed by atoms with Crippen LogP contribution in [0.25, 0.3) is 0 Å². The monoisotopic (exact) mass is 292 g/mol. The Bertz CT molecular complexity index is 427. The first kappa shape index (κ1) is 17.7. The fraction of sp³-hybridized carbons (Fsp3) is 0.765. The zero-order valence-electron chi connectivity index (χ0n) is 14.7. The number of hydrogen-bond donors (Lipinski definition) is 1. The molecule has 0 unspecified atom stereocenters. The first-order valence-electron chi connectivity index (χ1n) is 8.41. The van der Waals surface area contributed by atoms with Crippen LogP contribution in [0.15, 0.2) is 0 Å². The maximum atomic E-state index is 4.84. The molecular weight excluding hydrogens is 260 g/mol. The number of aryl methyl sites for hydroxylation is 1. The van der Waals surface area contributed by atoms with Gasteiger partial charge >= 0.3 is 0 Å². The normalized spacial score (nSPS) is 11.0. The van der Waals surface area contributed by atoms with Gasteiger partial charge in [-0.3, -0.25) is 0 Å². The lowest BCUT2D eigenvalue weighted by Crippen LogP contribution is -2.31. The van der Waals surface area contributed by atoms with Crippen molar-refractivity contribution in [1.29, 1.82) is 0 Å². The molecule has 1 heterocycles. The van der Waals surface area contributed by atoms with Gasteiger partial charge in [-0.15, -0.1) is 0 Å². The standard InChI is InChI=1S/C17H32N4/c1-7-11-15-19-16(18-6)13(5)17(20-15)21(10-4)12-14(8-2)9-3/h14H,7-12H2,1-6H3,(H,18,19,20). The number of nitrogens with zero attached hydrogens (tertiary/aromatic N) is 3. The van der Waals surface area contributed by atoms with Crippen molar-refractivity contribution in [3.8, 4) is 0 Å². The quantitative estimate of drug-likeness (QED) is 0.745. The van der Waals surface area contributed by atoms with Crippen LogP contribution in [0.2, 0.25) is 0 Å². The molecule has 1 aromatic rings. The third kappa shape index (κ3) is 4.58. The molecule has 0 saturated heterocycles. The van der Waals surface area contributed by atoms with Gasteiger partial charge in [0.05, 0.1) is 0 Å². The molecule has 0 atom stereocenters. The van der Waals surface area contributed by atoms with E-state index in [1.807, 2.05) is 7.05 Å². The van der Waals surface area contributed by atoms with E-state index >= 15 is 0 Å².